The number of amides is 2. The Hall–Kier alpha value is -3.97. The van der Waals surface area contributed by atoms with Gasteiger partial charge >= 0.3 is 0 Å². The molecule has 1 heterocycles. The number of hydrogen-bond donors (Lipinski definition) is 0. The van der Waals surface area contributed by atoms with Crippen LogP contribution in [-0.4, -0.2) is 11.8 Å². The molecule has 31 heavy (non-hydrogen) atoms. The monoisotopic (exact) mass is 404 g/mol. The van der Waals surface area contributed by atoms with Gasteiger partial charge in [-0.2, -0.15) is 5.26 Å². The maximum absolute atomic E-state index is 13.5. The average molecular weight is 404 g/mol. The Labute approximate surface area is 181 Å². The van der Waals surface area contributed by atoms with Crippen molar-refractivity contribution < 1.29 is 9.59 Å². The van der Waals surface area contributed by atoms with Crippen LogP contribution in [0.5, 0.6) is 0 Å². The normalized spacial score (nSPS) is 22.6. The van der Waals surface area contributed by atoms with Gasteiger partial charge in [0, 0.05) is 5.92 Å². The van der Waals surface area contributed by atoms with Crippen LogP contribution in [0.2, 0.25) is 0 Å². The van der Waals surface area contributed by atoms with Gasteiger partial charge in [0.05, 0.1) is 29.2 Å². The van der Waals surface area contributed by atoms with E-state index in [1.54, 1.807) is 24.3 Å². The van der Waals surface area contributed by atoms with Crippen molar-refractivity contribution in [2.45, 2.75) is 12.3 Å². The summed E-state index contributed by atoms with van der Waals surface area (Å²) in [6.45, 7) is 0. The van der Waals surface area contributed by atoms with Gasteiger partial charge in [0.2, 0.25) is 11.8 Å². The van der Waals surface area contributed by atoms with E-state index in [0.29, 0.717) is 17.7 Å². The Balaban J connectivity index is 1.60. The summed E-state index contributed by atoms with van der Waals surface area (Å²) in [7, 11) is 0. The summed E-state index contributed by atoms with van der Waals surface area (Å²) in [5.41, 5.74) is 4.27. The van der Waals surface area contributed by atoms with Gasteiger partial charge in [0.25, 0.3) is 0 Å². The highest BCUT2D eigenvalue weighted by Crippen LogP contribution is 2.48. The molecule has 1 saturated heterocycles. The van der Waals surface area contributed by atoms with Crippen molar-refractivity contribution in [3.8, 4) is 6.07 Å². The first-order chi connectivity index (χ1) is 15.2. The molecule has 150 valence electrons. The third kappa shape index (κ3) is 3.25. The fraction of sp³-hybridized carbons (Fsp3) is 0.148. The molecular formula is C27H20N2O2. The van der Waals surface area contributed by atoms with Crippen molar-refractivity contribution in [3.05, 3.63) is 108 Å². The van der Waals surface area contributed by atoms with Gasteiger partial charge in [0.15, 0.2) is 0 Å². The minimum Gasteiger partial charge on any atom is -0.274 e. The van der Waals surface area contributed by atoms with E-state index in [9.17, 15) is 9.59 Å². The lowest BCUT2D eigenvalue weighted by Crippen LogP contribution is -2.31. The van der Waals surface area contributed by atoms with Gasteiger partial charge in [-0.15, -0.1) is 0 Å². The zero-order valence-electron chi connectivity index (χ0n) is 16.8. The number of rotatable bonds is 3. The molecule has 2 aliphatic rings. The maximum Gasteiger partial charge on any atom is 0.238 e. The van der Waals surface area contributed by atoms with Crippen LogP contribution in [-0.2, 0) is 9.59 Å². The van der Waals surface area contributed by atoms with Crippen LogP contribution in [0.3, 0.4) is 0 Å². The molecule has 0 aromatic heterocycles. The number of allylic oxidation sites excluding steroid dienone is 2. The topological polar surface area (TPSA) is 61.2 Å². The third-order valence-electron chi connectivity index (χ3n) is 6.27. The summed E-state index contributed by atoms with van der Waals surface area (Å²) in [5.74, 6) is -1.28. The van der Waals surface area contributed by atoms with E-state index in [1.165, 1.54) is 4.90 Å². The first-order valence-electron chi connectivity index (χ1n) is 10.4. The highest BCUT2D eigenvalue weighted by molar-refractivity contribution is 6.23. The zero-order valence-corrected chi connectivity index (χ0v) is 16.8. The molecule has 3 aromatic rings. The Bertz CT molecular complexity index is 1210. The molecule has 3 aromatic carbocycles. The highest BCUT2D eigenvalue weighted by atomic mass is 16.2. The third-order valence-corrected chi connectivity index (χ3v) is 6.27. The van der Waals surface area contributed by atoms with Gasteiger partial charge in [-0.05, 0) is 47.4 Å². The Morgan fingerprint density at radius 1 is 0.806 bits per heavy atom. The van der Waals surface area contributed by atoms with Crippen LogP contribution in [0, 0.1) is 23.2 Å². The number of para-hydroxylation sites is 1. The molecule has 0 radical (unpaired) electrons. The minimum absolute atomic E-state index is 0.134. The van der Waals surface area contributed by atoms with E-state index >= 15 is 0 Å². The second kappa shape index (κ2) is 7.70. The van der Waals surface area contributed by atoms with Crippen LogP contribution < -0.4 is 4.90 Å². The molecule has 0 spiro atoms. The predicted octanol–water partition coefficient (Wildman–Crippen LogP) is 4.93. The van der Waals surface area contributed by atoms with Crippen LogP contribution in [0.15, 0.2) is 91.0 Å². The van der Waals surface area contributed by atoms with Gasteiger partial charge in [-0.25, -0.2) is 0 Å². The van der Waals surface area contributed by atoms with Crippen LogP contribution in [0.25, 0.3) is 5.57 Å². The van der Waals surface area contributed by atoms with E-state index in [0.717, 1.165) is 16.7 Å². The molecule has 1 aliphatic heterocycles. The lowest BCUT2D eigenvalue weighted by atomic mass is 9.70. The van der Waals surface area contributed by atoms with Crippen molar-refractivity contribution in [2.75, 3.05) is 4.90 Å². The lowest BCUT2D eigenvalue weighted by Gasteiger charge is -2.30. The molecule has 0 saturated carbocycles. The number of carbonyl (C=O) groups excluding carboxylic acids is 2. The fourth-order valence-corrected chi connectivity index (χ4v) is 4.78. The molecule has 1 aliphatic carbocycles. The Kier molecular flexibility index (Phi) is 4.72. The van der Waals surface area contributed by atoms with Crippen LogP contribution >= 0.6 is 0 Å². The predicted molar refractivity (Wildman–Crippen MR) is 119 cm³/mol. The smallest absolute Gasteiger partial charge is 0.238 e. The second-order valence-electron chi connectivity index (χ2n) is 8.00. The van der Waals surface area contributed by atoms with Crippen molar-refractivity contribution in [2.24, 2.45) is 11.8 Å². The molecule has 0 unspecified atom stereocenters. The second-order valence-corrected chi connectivity index (χ2v) is 8.00. The quantitative estimate of drug-likeness (QED) is 0.581. The molecule has 0 bridgehead atoms. The largest absolute Gasteiger partial charge is 0.274 e. The molecule has 0 N–H and O–H groups in total. The van der Waals surface area contributed by atoms with Crippen LogP contribution in [0.4, 0.5) is 5.69 Å². The molecule has 2 amide bonds. The number of fused-ring (bicyclic) bond motifs is 1. The van der Waals surface area contributed by atoms with Gasteiger partial charge < -0.3 is 0 Å². The van der Waals surface area contributed by atoms with Gasteiger partial charge in [-0.1, -0.05) is 66.7 Å². The summed E-state index contributed by atoms with van der Waals surface area (Å²) < 4.78 is 0. The molecular weight excluding hydrogens is 384 g/mol. The number of benzene rings is 3. The Morgan fingerprint density at radius 3 is 2.10 bits per heavy atom. The van der Waals surface area contributed by atoms with Crippen molar-refractivity contribution in [1.82, 2.24) is 0 Å². The van der Waals surface area contributed by atoms with E-state index in [-0.39, 0.29) is 17.7 Å². The summed E-state index contributed by atoms with van der Waals surface area (Å²) in [4.78, 5) is 28.3. The molecule has 4 nitrogen and oxygen atoms in total. The van der Waals surface area contributed by atoms with E-state index in [2.05, 4.69) is 12.1 Å². The van der Waals surface area contributed by atoms with Gasteiger partial charge in [-0.3, -0.25) is 14.5 Å². The van der Waals surface area contributed by atoms with Crippen LogP contribution in [0.1, 0.15) is 29.0 Å². The molecule has 3 atom stereocenters. The number of anilines is 1. The standard InChI is InChI=1S/C27H20N2O2/c28-17-18-11-13-19(14-12-18)21-15-23(20-7-3-1-4-8-20)25-24(16-21)26(30)29(27(25)31)22-9-5-2-6-10-22/h1-15,23-25H,16H2/t23-,24-,25+/m1/s1. The van der Waals surface area contributed by atoms with Crippen molar-refractivity contribution >= 4 is 23.1 Å². The highest BCUT2D eigenvalue weighted by Gasteiger charge is 2.53. The number of nitrogens with zero attached hydrogens (tertiary/aromatic N) is 2. The first-order valence-corrected chi connectivity index (χ1v) is 10.4. The fourth-order valence-electron chi connectivity index (χ4n) is 4.78. The number of hydrogen-bond acceptors (Lipinski definition) is 3. The number of nitriles is 1. The molecule has 1 fully saturated rings. The summed E-state index contributed by atoms with van der Waals surface area (Å²) >= 11 is 0. The molecule has 5 rings (SSSR count). The number of imide groups is 1. The summed E-state index contributed by atoms with van der Waals surface area (Å²) in [6, 6.07) is 28.6. The summed E-state index contributed by atoms with van der Waals surface area (Å²) in [5, 5.41) is 9.10. The number of carbonyl (C=O) groups is 2. The van der Waals surface area contributed by atoms with Crippen molar-refractivity contribution in [3.63, 3.8) is 0 Å². The zero-order chi connectivity index (χ0) is 21.4. The average Bonchev–Trinajstić information content (AvgIpc) is 3.09. The van der Waals surface area contributed by atoms with E-state index < -0.39 is 11.8 Å². The SMILES string of the molecule is N#Cc1ccc(C2=C[C@H](c3ccccc3)[C@@H]3C(=O)N(c4ccccc4)C(=O)[C@@H]3C2)cc1. The minimum atomic E-state index is -0.419. The van der Waals surface area contributed by atoms with E-state index in [4.69, 9.17) is 5.26 Å². The van der Waals surface area contributed by atoms with Gasteiger partial charge in [0.1, 0.15) is 0 Å². The lowest BCUT2D eigenvalue weighted by molar-refractivity contribution is -0.122. The van der Waals surface area contributed by atoms with E-state index in [1.807, 2.05) is 60.7 Å². The summed E-state index contributed by atoms with van der Waals surface area (Å²) in [6.07, 6.45) is 2.64. The maximum atomic E-state index is 13.5. The Morgan fingerprint density at radius 2 is 1.45 bits per heavy atom. The van der Waals surface area contributed by atoms with Crippen molar-refractivity contribution in [1.29, 1.82) is 5.26 Å². The molecule has 4 heteroatoms. The first kappa shape index (κ1) is 19.0.